The highest BCUT2D eigenvalue weighted by atomic mass is 16.5. The van der Waals surface area contributed by atoms with Gasteiger partial charge in [0.2, 0.25) is 5.91 Å². The van der Waals surface area contributed by atoms with Crippen LogP contribution in [0.2, 0.25) is 0 Å². The van der Waals surface area contributed by atoms with E-state index in [1.807, 2.05) is 24.3 Å². The smallest absolute Gasteiger partial charge is 0.217 e. The van der Waals surface area contributed by atoms with Gasteiger partial charge in [0, 0.05) is 6.92 Å². The molecule has 0 heterocycles. The van der Waals surface area contributed by atoms with Gasteiger partial charge >= 0.3 is 0 Å². The van der Waals surface area contributed by atoms with Gasteiger partial charge in [-0.15, -0.1) is 0 Å². The van der Waals surface area contributed by atoms with E-state index in [1.165, 1.54) is 0 Å². The summed E-state index contributed by atoms with van der Waals surface area (Å²) >= 11 is 0. The molecule has 0 bridgehead atoms. The summed E-state index contributed by atoms with van der Waals surface area (Å²) in [5, 5.41) is 2.99. The van der Waals surface area contributed by atoms with Crippen molar-refractivity contribution in [2.75, 3.05) is 7.11 Å². The molecule has 0 aliphatic heterocycles. The van der Waals surface area contributed by atoms with Gasteiger partial charge in [-0.1, -0.05) is 26.0 Å². The molecular formula is C14H21NO2. The molecule has 0 fully saturated rings. The molecule has 1 amide bonds. The number of nitrogens with one attached hydrogen (secondary N) is 1. The molecule has 17 heavy (non-hydrogen) atoms. The zero-order valence-corrected chi connectivity index (χ0v) is 11.0. The molecule has 0 aromatic heterocycles. The summed E-state index contributed by atoms with van der Waals surface area (Å²) in [7, 11) is 1.65. The average Bonchev–Trinajstić information content (AvgIpc) is 2.27. The van der Waals surface area contributed by atoms with Crippen LogP contribution in [0.5, 0.6) is 5.75 Å². The standard InChI is InChI=1S/C14H21NO2/c1-10(2)9-14(15-11(3)16)12-5-7-13(17-4)8-6-12/h5-8,10,14H,9H2,1-4H3,(H,15,16). The van der Waals surface area contributed by atoms with Gasteiger partial charge < -0.3 is 10.1 Å². The van der Waals surface area contributed by atoms with Crippen molar-refractivity contribution in [1.29, 1.82) is 0 Å². The first-order valence-electron chi connectivity index (χ1n) is 5.94. The van der Waals surface area contributed by atoms with Crippen molar-refractivity contribution in [3.05, 3.63) is 29.8 Å². The highest BCUT2D eigenvalue weighted by Crippen LogP contribution is 2.23. The molecule has 0 spiro atoms. The van der Waals surface area contributed by atoms with Gasteiger partial charge in [0.05, 0.1) is 13.2 Å². The molecule has 1 atom stereocenters. The van der Waals surface area contributed by atoms with E-state index in [0.717, 1.165) is 17.7 Å². The Balaban J connectivity index is 2.83. The molecule has 0 aliphatic carbocycles. The van der Waals surface area contributed by atoms with Crippen molar-refractivity contribution in [1.82, 2.24) is 5.32 Å². The van der Waals surface area contributed by atoms with Crippen LogP contribution in [0.4, 0.5) is 0 Å². The molecule has 1 rings (SSSR count). The molecule has 0 radical (unpaired) electrons. The van der Waals surface area contributed by atoms with Crippen molar-refractivity contribution in [3.8, 4) is 5.75 Å². The molecule has 1 aromatic rings. The molecule has 94 valence electrons. The minimum atomic E-state index is 0.00599. The van der Waals surface area contributed by atoms with Gasteiger partial charge in [-0.05, 0) is 30.0 Å². The van der Waals surface area contributed by atoms with Crippen molar-refractivity contribution < 1.29 is 9.53 Å². The molecular weight excluding hydrogens is 214 g/mol. The predicted octanol–water partition coefficient (Wildman–Crippen LogP) is 2.92. The molecule has 3 heteroatoms. The van der Waals surface area contributed by atoms with Crippen LogP contribution in [0.1, 0.15) is 38.8 Å². The summed E-state index contributed by atoms with van der Waals surface area (Å²) in [6.45, 7) is 5.85. The number of carbonyl (C=O) groups is 1. The van der Waals surface area contributed by atoms with E-state index in [4.69, 9.17) is 4.74 Å². The molecule has 0 aliphatic rings. The maximum absolute atomic E-state index is 11.2. The lowest BCUT2D eigenvalue weighted by molar-refractivity contribution is -0.119. The monoisotopic (exact) mass is 235 g/mol. The van der Waals surface area contributed by atoms with Gasteiger partial charge in [0.1, 0.15) is 5.75 Å². The SMILES string of the molecule is COc1ccc(C(CC(C)C)NC(C)=O)cc1. The summed E-state index contributed by atoms with van der Waals surface area (Å²) in [4.78, 5) is 11.2. The maximum atomic E-state index is 11.2. The van der Waals surface area contributed by atoms with E-state index in [0.29, 0.717) is 5.92 Å². The number of amides is 1. The minimum Gasteiger partial charge on any atom is -0.497 e. The number of benzene rings is 1. The Kier molecular flexibility index (Phi) is 5.01. The van der Waals surface area contributed by atoms with E-state index in [1.54, 1.807) is 14.0 Å². The van der Waals surface area contributed by atoms with E-state index in [-0.39, 0.29) is 11.9 Å². The highest BCUT2D eigenvalue weighted by Gasteiger charge is 2.14. The fourth-order valence-corrected chi connectivity index (χ4v) is 1.83. The van der Waals surface area contributed by atoms with Crippen LogP contribution in [0.3, 0.4) is 0 Å². The molecule has 1 N–H and O–H groups in total. The number of rotatable bonds is 5. The molecule has 1 aromatic carbocycles. The van der Waals surface area contributed by atoms with Gasteiger partial charge in [-0.2, -0.15) is 0 Å². The van der Waals surface area contributed by atoms with Crippen LogP contribution < -0.4 is 10.1 Å². The van der Waals surface area contributed by atoms with Gasteiger partial charge in [0.25, 0.3) is 0 Å². The van der Waals surface area contributed by atoms with Crippen molar-refractivity contribution in [3.63, 3.8) is 0 Å². The van der Waals surface area contributed by atoms with Crippen LogP contribution in [0, 0.1) is 5.92 Å². The Hall–Kier alpha value is -1.51. The van der Waals surface area contributed by atoms with Gasteiger partial charge in [0.15, 0.2) is 0 Å². The van der Waals surface area contributed by atoms with E-state index in [2.05, 4.69) is 19.2 Å². The van der Waals surface area contributed by atoms with Crippen LogP contribution >= 0.6 is 0 Å². The number of hydrogen-bond acceptors (Lipinski definition) is 2. The summed E-state index contributed by atoms with van der Waals surface area (Å²) in [6.07, 6.45) is 0.936. The third-order valence-electron chi connectivity index (χ3n) is 2.60. The largest absolute Gasteiger partial charge is 0.497 e. The topological polar surface area (TPSA) is 38.3 Å². The van der Waals surface area contributed by atoms with Crippen molar-refractivity contribution in [2.45, 2.75) is 33.2 Å². The molecule has 3 nitrogen and oxygen atoms in total. The molecule has 0 saturated heterocycles. The second kappa shape index (κ2) is 6.28. The summed E-state index contributed by atoms with van der Waals surface area (Å²) in [6, 6.07) is 7.93. The zero-order valence-electron chi connectivity index (χ0n) is 11.0. The number of methoxy groups -OCH3 is 1. The number of hydrogen-bond donors (Lipinski definition) is 1. The molecule has 1 unspecified atom stereocenters. The predicted molar refractivity (Wildman–Crippen MR) is 69.0 cm³/mol. The quantitative estimate of drug-likeness (QED) is 0.852. The Labute approximate surface area is 103 Å². The summed E-state index contributed by atoms with van der Waals surface area (Å²) < 4.78 is 5.12. The Morgan fingerprint density at radius 1 is 1.29 bits per heavy atom. The lowest BCUT2D eigenvalue weighted by Crippen LogP contribution is -2.27. The summed E-state index contributed by atoms with van der Waals surface area (Å²) in [5.74, 6) is 1.38. The zero-order chi connectivity index (χ0) is 12.8. The first-order chi connectivity index (χ1) is 8.02. The number of carbonyl (C=O) groups excluding carboxylic acids is 1. The second-order valence-corrected chi connectivity index (χ2v) is 4.66. The third kappa shape index (κ3) is 4.47. The van der Waals surface area contributed by atoms with Crippen LogP contribution in [-0.4, -0.2) is 13.0 Å². The van der Waals surface area contributed by atoms with E-state index in [9.17, 15) is 4.79 Å². The normalized spacial score (nSPS) is 12.3. The first-order valence-corrected chi connectivity index (χ1v) is 5.94. The Morgan fingerprint density at radius 3 is 2.29 bits per heavy atom. The lowest BCUT2D eigenvalue weighted by atomic mass is 9.97. The highest BCUT2D eigenvalue weighted by molar-refractivity contribution is 5.73. The van der Waals surface area contributed by atoms with Crippen LogP contribution in [-0.2, 0) is 4.79 Å². The van der Waals surface area contributed by atoms with E-state index >= 15 is 0 Å². The fourth-order valence-electron chi connectivity index (χ4n) is 1.83. The van der Waals surface area contributed by atoms with Crippen molar-refractivity contribution in [2.24, 2.45) is 5.92 Å². The van der Waals surface area contributed by atoms with Crippen LogP contribution in [0.15, 0.2) is 24.3 Å². The fraction of sp³-hybridized carbons (Fsp3) is 0.500. The van der Waals surface area contributed by atoms with Gasteiger partial charge in [-0.25, -0.2) is 0 Å². The van der Waals surface area contributed by atoms with Crippen molar-refractivity contribution >= 4 is 5.91 Å². The Morgan fingerprint density at radius 2 is 1.88 bits per heavy atom. The van der Waals surface area contributed by atoms with Crippen LogP contribution in [0.25, 0.3) is 0 Å². The summed E-state index contributed by atoms with van der Waals surface area (Å²) in [5.41, 5.74) is 1.12. The third-order valence-corrected chi connectivity index (χ3v) is 2.60. The van der Waals surface area contributed by atoms with Gasteiger partial charge in [-0.3, -0.25) is 4.79 Å². The minimum absolute atomic E-state index is 0.00599. The molecule has 0 saturated carbocycles. The number of ether oxygens (including phenoxy) is 1. The second-order valence-electron chi connectivity index (χ2n) is 4.66. The average molecular weight is 235 g/mol. The lowest BCUT2D eigenvalue weighted by Gasteiger charge is -2.20. The first kappa shape index (κ1) is 13.6. The Bertz CT molecular complexity index is 357. The maximum Gasteiger partial charge on any atom is 0.217 e. The van der Waals surface area contributed by atoms with E-state index < -0.39 is 0 Å².